The first-order valence-electron chi connectivity index (χ1n) is 9.03. The quantitative estimate of drug-likeness (QED) is 0.169. The molecule has 0 saturated carbocycles. The average molecular weight is 466 g/mol. The predicted molar refractivity (Wildman–Crippen MR) is 105 cm³/mol. The van der Waals surface area contributed by atoms with Gasteiger partial charge in [0, 0.05) is 17.8 Å². The number of anilines is 1. The summed E-state index contributed by atoms with van der Waals surface area (Å²) in [5.41, 5.74) is 5.89. The van der Waals surface area contributed by atoms with Crippen LogP contribution < -0.4 is 15.2 Å². The van der Waals surface area contributed by atoms with Gasteiger partial charge in [-0.15, -0.1) is 32.9 Å². The molecule has 0 aromatic heterocycles. The average Bonchev–Trinajstić information content (AvgIpc) is 2.63. The van der Waals surface area contributed by atoms with Gasteiger partial charge in [-0.1, -0.05) is 25.5 Å². The van der Waals surface area contributed by atoms with Crippen molar-refractivity contribution in [3.63, 3.8) is 0 Å². The molecule has 0 atom stereocenters. The van der Waals surface area contributed by atoms with E-state index in [0.717, 1.165) is 18.6 Å². The van der Waals surface area contributed by atoms with Crippen molar-refractivity contribution in [3.8, 4) is 11.5 Å². The molecular formula is C20H20F6N2O4. The van der Waals surface area contributed by atoms with Crippen molar-refractivity contribution >= 4 is 11.4 Å². The van der Waals surface area contributed by atoms with Crippen molar-refractivity contribution in [2.24, 2.45) is 0 Å². The fourth-order valence-electron chi connectivity index (χ4n) is 2.47. The zero-order valence-electron chi connectivity index (χ0n) is 16.8. The number of benzene rings is 2. The van der Waals surface area contributed by atoms with Gasteiger partial charge in [0.2, 0.25) is 0 Å². The van der Waals surface area contributed by atoms with E-state index in [9.17, 15) is 36.5 Å². The summed E-state index contributed by atoms with van der Waals surface area (Å²) in [6.07, 6.45) is -6.76. The first-order valence-corrected chi connectivity index (χ1v) is 9.03. The van der Waals surface area contributed by atoms with Crippen molar-refractivity contribution in [1.29, 1.82) is 0 Å². The van der Waals surface area contributed by atoms with Crippen molar-refractivity contribution in [2.75, 3.05) is 5.73 Å². The van der Waals surface area contributed by atoms with Crippen LogP contribution in [0.3, 0.4) is 0 Å². The highest BCUT2D eigenvalue weighted by Gasteiger charge is 2.33. The van der Waals surface area contributed by atoms with Crippen LogP contribution in [0.25, 0.3) is 0 Å². The summed E-state index contributed by atoms with van der Waals surface area (Å²) < 4.78 is 79.9. The summed E-state index contributed by atoms with van der Waals surface area (Å²) >= 11 is 0. The lowest BCUT2D eigenvalue weighted by Crippen LogP contribution is -2.18. The van der Waals surface area contributed by atoms with Crippen LogP contribution in [0.15, 0.2) is 49.1 Å². The van der Waals surface area contributed by atoms with Gasteiger partial charge in [0.25, 0.3) is 5.69 Å². The number of halogens is 6. The van der Waals surface area contributed by atoms with E-state index >= 15 is 0 Å². The number of ether oxygens (including phenoxy) is 2. The highest BCUT2D eigenvalue weighted by molar-refractivity contribution is 5.48. The Kier molecular flexibility index (Phi) is 9.35. The van der Waals surface area contributed by atoms with Crippen LogP contribution in [0.5, 0.6) is 11.5 Å². The molecule has 32 heavy (non-hydrogen) atoms. The molecule has 0 aliphatic carbocycles. The number of nitro groups is 1. The predicted octanol–water partition coefficient (Wildman–Crippen LogP) is 6.34. The molecule has 0 unspecified atom stereocenters. The molecule has 0 aliphatic rings. The fourth-order valence-corrected chi connectivity index (χ4v) is 2.47. The van der Waals surface area contributed by atoms with Crippen LogP contribution in [-0.2, 0) is 12.8 Å². The Morgan fingerprint density at radius 3 is 2.00 bits per heavy atom. The van der Waals surface area contributed by atoms with Crippen LogP contribution >= 0.6 is 0 Å². The highest BCUT2D eigenvalue weighted by Crippen LogP contribution is 2.31. The molecule has 0 aliphatic heterocycles. The lowest BCUT2D eigenvalue weighted by Gasteiger charge is -2.13. The molecule has 0 saturated heterocycles. The van der Waals surface area contributed by atoms with Crippen LogP contribution in [0, 0.1) is 10.1 Å². The molecule has 0 fully saturated rings. The molecule has 2 aromatic rings. The van der Waals surface area contributed by atoms with Gasteiger partial charge >= 0.3 is 12.7 Å². The number of hydrogen-bond donors (Lipinski definition) is 1. The Morgan fingerprint density at radius 1 is 1.00 bits per heavy atom. The number of nitro benzene ring substituents is 1. The molecule has 0 bridgehead atoms. The fraction of sp³-hybridized carbons (Fsp3) is 0.300. The van der Waals surface area contributed by atoms with E-state index in [1.807, 2.05) is 6.92 Å². The Bertz CT molecular complexity index is 929. The zero-order valence-corrected chi connectivity index (χ0v) is 16.8. The summed E-state index contributed by atoms with van der Waals surface area (Å²) in [5, 5.41) is 10.4. The smallest absolute Gasteiger partial charge is 0.405 e. The van der Waals surface area contributed by atoms with Crippen LogP contribution in [0.1, 0.15) is 24.5 Å². The maximum Gasteiger partial charge on any atom is 0.573 e. The third kappa shape index (κ3) is 9.58. The maximum absolute atomic E-state index is 12.1. The van der Waals surface area contributed by atoms with E-state index < -0.39 is 29.1 Å². The van der Waals surface area contributed by atoms with Gasteiger partial charge in [-0.2, -0.15) is 0 Å². The van der Waals surface area contributed by atoms with Crippen LogP contribution in [0.2, 0.25) is 0 Å². The van der Waals surface area contributed by atoms with Gasteiger partial charge in [-0.05, 0) is 36.1 Å². The number of aryl methyl sites for hydroxylation is 1. The number of nitrogens with two attached hydrogens (primary N) is 1. The molecular weight excluding hydrogens is 446 g/mol. The van der Waals surface area contributed by atoms with Crippen molar-refractivity contribution in [3.05, 3.63) is 70.3 Å². The molecule has 2 aromatic carbocycles. The molecule has 176 valence electrons. The topological polar surface area (TPSA) is 87.6 Å². The molecule has 0 spiro atoms. The SMILES string of the molecule is C=CCc1ccc([N+](=O)[O-])cc1OC(F)(F)F.CCCc1ccc(N)cc1OC(F)(F)F. The van der Waals surface area contributed by atoms with Gasteiger partial charge in [0.05, 0.1) is 11.0 Å². The standard InChI is InChI=1S/C10H8F3NO3.C10H12F3NO/c1-2-3-7-4-5-8(14(15)16)6-9(7)17-10(11,12)13;1-2-3-7-4-5-8(14)6-9(7)15-10(11,12)13/h2,4-6H,1,3H2;4-6H,2-3,14H2,1H3. The second-order valence-corrected chi connectivity index (χ2v) is 6.25. The van der Waals surface area contributed by atoms with Gasteiger partial charge in [0.15, 0.2) is 0 Å². The van der Waals surface area contributed by atoms with E-state index in [4.69, 9.17) is 5.73 Å². The molecule has 6 nitrogen and oxygen atoms in total. The molecule has 0 radical (unpaired) electrons. The lowest BCUT2D eigenvalue weighted by molar-refractivity contribution is -0.385. The first-order chi connectivity index (χ1) is 14.8. The summed E-state index contributed by atoms with van der Waals surface area (Å²) in [6.45, 7) is 5.26. The number of nitrogen functional groups attached to an aromatic ring is 1. The monoisotopic (exact) mass is 466 g/mol. The van der Waals surface area contributed by atoms with E-state index in [0.29, 0.717) is 12.0 Å². The summed E-state index contributed by atoms with van der Waals surface area (Å²) in [7, 11) is 0. The van der Waals surface area contributed by atoms with Gasteiger partial charge in [-0.25, -0.2) is 0 Å². The number of non-ortho nitro benzene ring substituents is 1. The zero-order chi connectivity index (χ0) is 24.5. The van der Waals surface area contributed by atoms with E-state index in [1.165, 1.54) is 18.2 Å². The number of rotatable bonds is 7. The molecule has 12 heteroatoms. The lowest BCUT2D eigenvalue weighted by atomic mass is 10.1. The Morgan fingerprint density at radius 2 is 1.53 bits per heavy atom. The molecule has 2 rings (SSSR count). The van der Waals surface area contributed by atoms with E-state index in [1.54, 1.807) is 12.1 Å². The second-order valence-electron chi connectivity index (χ2n) is 6.25. The number of nitrogens with zero attached hydrogens (tertiary/aromatic N) is 1. The van der Waals surface area contributed by atoms with Gasteiger partial charge in [0.1, 0.15) is 11.5 Å². The maximum atomic E-state index is 12.1. The van der Waals surface area contributed by atoms with Crippen molar-refractivity contribution in [2.45, 2.75) is 38.9 Å². The van der Waals surface area contributed by atoms with Crippen LogP contribution in [0.4, 0.5) is 37.7 Å². The second kappa shape index (κ2) is 11.3. The number of hydrogen-bond acceptors (Lipinski definition) is 5. The Balaban J connectivity index is 0.000000323. The summed E-state index contributed by atoms with van der Waals surface area (Å²) in [5.74, 6) is -0.782. The van der Waals surface area contributed by atoms with Gasteiger partial charge in [-0.3, -0.25) is 10.1 Å². The summed E-state index contributed by atoms with van der Waals surface area (Å²) in [6, 6.07) is 7.38. The number of alkyl halides is 6. The third-order valence-corrected chi connectivity index (χ3v) is 3.69. The molecule has 0 heterocycles. The molecule has 2 N–H and O–H groups in total. The minimum atomic E-state index is -4.88. The summed E-state index contributed by atoms with van der Waals surface area (Å²) in [4.78, 5) is 9.65. The highest BCUT2D eigenvalue weighted by atomic mass is 19.4. The molecule has 0 amide bonds. The van der Waals surface area contributed by atoms with E-state index in [2.05, 4.69) is 16.1 Å². The van der Waals surface area contributed by atoms with Crippen molar-refractivity contribution in [1.82, 2.24) is 0 Å². The first kappa shape index (κ1) is 26.6. The largest absolute Gasteiger partial charge is 0.573 e. The minimum absolute atomic E-state index is 0.128. The Hall–Kier alpha value is -3.44. The van der Waals surface area contributed by atoms with Crippen LogP contribution in [-0.4, -0.2) is 17.6 Å². The van der Waals surface area contributed by atoms with Crippen molar-refractivity contribution < 1.29 is 40.7 Å². The number of allylic oxidation sites excluding steroid dienone is 1. The third-order valence-electron chi connectivity index (χ3n) is 3.69. The van der Waals surface area contributed by atoms with Gasteiger partial charge < -0.3 is 15.2 Å². The van der Waals surface area contributed by atoms with E-state index in [-0.39, 0.29) is 23.4 Å². The normalized spacial score (nSPS) is 11.2. The minimum Gasteiger partial charge on any atom is -0.405 e. The Labute approximate surface area is 179 Å².